The lowest BCUT2D eigenvalue weighted by atomic mass is 10.0. The van der Waals surface area contributed by atoms with E-state index in [9.17, 15) is 14.4 Å². The molecule has 8 heteroatoms. The first-order chi connectivity index (χ1) is 17.1. The van der Waals surface area contributed by atoms with Gasteiger partial charge in [0.25, 0.3) is 11.5 Å². The molecule has 1 aromatic heterocycles. The highest BCUT2D eigenvalue weighted by Gasteiger charge is 2.29. The molecule has 1 heterocycles. The molecule has 2 aromatic carbocycles. The average Bonchev–Trinajstić information content (AvgIpc) is 2.84. The second-order valence-corrected chi connectivity index (χ2v) is 9.35. The van der Waals surface area contributed by atoms with Gasteiger partial charge < -0.3 is 10.5 Å². The number of nitrogens with two attached hydrogens (primary N) is 1. The predicted molar refractivity (Wildman–Crippen MR) is 144 cm³/mol. The van der Waals surface area contributed by atoms with Gasteiger partial charge in [-0.15, -0.1) is 0 Å². The molecule has 3 aromatic rings. The van der Waals surface area contributed by atoms with Crippen LogP contribution in [0.1, 0.15) is 63.1 Å². The minimum atomic E-state index is -0.912. The molecule has 0 saturated carbocycles. The number of hydrogen-bond donors (Lipinski definition) is 2. The highest BCUT2D eigenvalue weighted by Crippen LogP contribution is 2.27. The van der Waals surface area contributed by atoms with E-state index in [0.29, 0.717) is 24.6 Å². The van der Waals surface area contributed by atoms with Gasteiger partial charge in [-0.3, -0.25) is 24.0 Å². The number of anilines is 2. The SMILES string of the molecule is CCCCn1c(N)c(N(Cc2ccccc2)C(=O)C(C)Oc2cc(C(C)C)ccc2C)c(=O)[nH]c1=O. The van der Waals surface area contributed by atoms with Crippen LogP contribution in [0.2, 0.25) is 0 Å². The molecule has 36 heavy (non-hydrogen) atoms. The molecule has 1 atom stereocenters. The molecule has 3 N–H and O–H groups in total. The lowest BCUT2D eigenvalue weighted by Crippen LogP contribution is -2.45. The number of H-pyrrole nitrogens is 1. The number of hydrogen-bond acceptors (Lipinski definition) is 5. The van der Waals surface area contributed by atoms with E-state index in [4.69, 9.17) is 10.5 Å². The normalized spacial score (nSPS) is 11.9. The monoisotopic (exact) mass is 492 g/mol. The fourth-order valence-corrected chi connectivity index (χ4v) is 3.97. The highest BCUT2D eigenvalue weighted by atomic mass is 16.5. The first kappa shape index (κ1) is 26.8. The van der Waals surface area contributed by atoms with Gasteiger partial charge >= 0.3 is 5.69 Å². The highest BCUT2D eigenvalue weighted by molar-refractivity contribution is 5.98. The number of nitrogens with zero attached hydrogens (tertiary/aromatic N) is 2. The summed E-state index contributed by atoms with van der Waals surface area (Å²) in [6.45, 7) is 10.2. The summed E-state index contributed by atoms with van der Waals surface area (Å²) < 4.78 is 7.44. The number of unbranched alkanes of at least 4 members (excludes halogenated alkanes) is 1. The van der Waals surface area contributed by atoms with E-state index < -0.39 is 23.3 Å². The third-order valence-electron chi connectivity index (χ3n) is 6.20. The molecule has 0 bridgehead atoms. The zero-order valence-electron chi connectivity index (χ0n) is 21.7. The first-order valence-corrected chi connectivity index (χ1v) is 12.4. The second-order valence-electron chi connectivity index (χ2n) is 9.35. The van der Waals surface area contributed by atoms with E-state index in [0.717, 1.165) is 23.1 Å². The van der Waals surface area contributed by atoms with Gasteiger partial charge in [-0.25, -0.2) is 4.79 Å². The molecule has 0 saturated heterocycles. The van der Waals surface area contributed by atoms with E-state index >= 15 is 0 Å². The maximum atomic E-state index is 13.8. The maximum Gasteiger partial charge on any atom is 0.330 e. The van der Waals surface area contributed by atoms with Crippen molar-refractivity contribution >= 4 is 17.4 Å². The number of ether oxygens (including phenoxy) is 1. The molecule has 3 rings (SSSR count). The number of amides is 1. The van der Waals surface area contributed by atoms with Crippen LogP contribution in [0.4, 0.5) is 11.5 Å². The summed E-state index contributed by atoms with van der Waals surface area (Å²) in [5, 5.41) is 0. The Kier molecular flexibility index (Phi) is 8.74. The lowest BCUT2D eigenvalue weighted by molar-refractivity contribution is -0.124. The summed E-state index contributed by atoms with van der Waals surface area (Å²) in [7, 11) is 0. The molecule has 1 unspecified atom stereocenters. The Morgan fingerprint density at radius 2 is 1.81 bits per heavy atom. The third-order valence-corrected chi connectivity index (χ3v) is 6.20. The number of aryl methyl sites for hydroxylation is 1. The van der Waals surface area contributed by atoms with Crippen molar-refractivity contribution in [2.24, 2.45) is 0 Å². The van der Waals surface area contributed by atoms with Crippen LogP contribution < -0.4 is 26.6 Å². The van der Waals surface area contributed by atoms with Crippen LogP contribution in [0, 0.1) is 6.92 Å². The van der Waals surface area contributed by atoms with Crippen LogP contribution in [0.15, 0.2) is 58.1 Å². The Hall–Kier alpha value is -3.81. The number of nitrogens with one attached hydrogen (secondary N) is 1. The quantitative estimate of drug-likeness (QED) is 0.437. The van der Waals surface area contributed by atoms with Gasteiger partial charge in [-0.1, -0.05) is 69.7 Å². The molecule has 0 aliphatic carbocycles. The molecule has 0 aliphatic heterocycles. The number of rotatable bonds is 10. The van der Waals surface area contributed by atoms with E-state index in [-0.39, 0.29) is 18.1 Å². The van der Waals surface area contributed by atoms with Gasteiger partial charge in [0.05, 0.1) is 6.54 Å². The summed E-state index contributed by atoms with van der Waals surface area (Å²) in [4.78, 5) is 42.9. The number of benzene rings is 2. The smallest absolute Gasteiger partial charge is 0.330 e. The lowest BCUT2D eigenvalue weighted by Gasteiger charge is -2.28. The average molecular weight is 493 g/mol. The third kappa shape index (κ3) is 6.05. The molecule has 0 fully saturated rings. The molecule has 8 nitrogen and oxygen atoms in total. The topological polar surface area (TPSA) is 110 Å². The standard InChI is InChI=1S/C28H36N4O4/c1-6-7-15-31-25(29)24(26(33)30-28(31)35)32(17-21-11-9-8-10-12-21)27(34)20(5)36-23-16-22(18(2)3)14-13-19(23)4/h8-14,16,18,20H,6-7,15,17,29H2,1-5H3,(H,30,33,35). The van der Waals surface area contributed by atoms with E-state index in [2.05, 4.69) is 18.8 Å². The van der Waals surface area contributed by atoms with Gasteiger partial charge in [-0.2, -0.15) is 0 Å². The van der Waals surface area contributed by atoms with Crippen LogP contribution >= 0.6 is 0 Å². The molecular formula is C28H36N4O4. The largest absolute Gasteiger partial charge is 0.481 e. The minimum absolute atomic E-state index is 0.0355. The van der Waals surface area contributed by atoms with Crippen molar-refractivity contribution in [3.05, 3.63) is 86.1 Å². The van der Waals surface area contributed by atoms with Gasteiger partial charge in [0, 0.05) is 6.54 Å². The van der Waals surface area contributed by atoms with Crippen molar-refractivity contribution in [3.63, 3.8) is 0 Å². The van der Waals surface area contributed by atoms with Crippen molar-refractivity contribution in [1.82, 2.24) is 9.55 Å². The molecule has 0 aliphatic rings. The Balaban J connectivity index is 2.05. The van der Waals surface area contributed by atoms with Crippen LogP contribution in [-0.2, 0) is 17.9 Å². The van der Waals surface area contributed by atoms with Crippen molar-refractivity contribution in [2.75, 3.05) is 10.6 Å². The van der Waals surface area contributed by atoms with Crippen LogP contribution in [0.25, 0.3) is 0 Å². The molecule has 0 radical (unpaired) electrons. The fraction of sp³-hybridized carbons (Fsp3) is 0.393. The predicted octanol–water partition coefficient (Wildman–Crippen LogP) is 4.35. The number of nitrogen functional groups attached to an aromatic ring is 1. The van der Waals surface area contributed by atoms with Crippen molar-refractivity contribution in [2.45, 2.75) is 72.6 Å². The van der Waals surface area contributed by atoms with E-state index in [1.807, 2.05) is 62.4 Å². The van der Waals surface area contributed by atoms with E-state index in [1.54, 1.807) is 6.92 Å². The number of aromatic nitrogens is 2. The number of carbonyl (C=O) groups is 1. The zero-order valence-corrected chi connectivity index (χ0v) is 21.7. The van der Waals surface area contributed by atoms with E-state index in [1.165, 1.54) is 9.47 Å². The summed E-state index contributed by atoms with van der Waals surface area (Å²) >= 11 is 0. The van der Waals surface area contributed by atoms with Crippen molar-refractivity contribution in [1.29, 1.82) is 0 Å². The Bertz CT molecular complexity index is 1310. The Morgan fingerprint density at radius 1 is 1.11 bits per heavy atom. The van der Waals surface area contributed by atoms with Gasteiger partial charge in [0.1, 0.15) is 11.6 Å². The van der Waals surface area contributed by atoms with Gasteiger partial charge in [0.2, 0.25) is 0 Å². The van der Waals surface area contributed by atoms with Gasteiger partial charge in [0.15, 0.2) is 11.8 Å². The van der Waals surface area contributed by atoms with Crippen molar-refractivity contribution < 1.29 is 9.53 Å². The van der Waals surface area contributed by atoms with Gasteiger partial charge in [-0.05, 0) is 48.9 Å². The maximum absolute atomic E-state index is 13.8. The molecular weight excluding hydrogens is 456 g/mol. The molecule has 192 valence electrons. The molecule has 1 amide bonds. The summed E-state index contributed by atoms with van der Waals surface area (Å²) in [5.74, 6) is 0.435. The fourth-order valence-electron chi connectivity index (χ4n) is 3.97. The Morgan fingerprint density at radius 3 is 2.44 bits per heavy atom. The minimum Gasteiger partial charge on any atom is -0.481 e. The Labute approximate surface area is 211 Å². The molecule has 0 spiro atoms. The summed E-state index contributed by atoms with van der Waals surface area (Å²) in [5.41, 5.74) is 7.81. The summed E-state index contributed by atoms with van der Waals surface area (Å²) in [6, 6.07) is 15.3. The van der Waals surface area contributed by atoms with Crippen LogP contribution in [0.5, 0.6) is 5.75 Å². The summed E-state index contributed by atoms with van der Waals surface area (Å²) in [6.07, 6.45) is 0.629. The second kappa shape index (κ2) is 11.7. The van der Waals surface area contributed by atoms with Crippen LogP contribution in [0.3, 0.4) is 0 Å². The zero-order chi connectivity index (χ0) is 26.4. The van der Waals surface area contributed by atoms with Crippen molar-refractivity contribution in [3.8, 4) is 5.75 Å². The number of carbonyl (C=O) groups excluding carboxylic acids is 1. The van der Waals surface area contributed by atoms with Crippen LogP contribution in [-0.4, -0.2) is 21.6 Å². The number of aromatic amines is 1. The first-order valence-electron chi connectivity index (χ1n) is 12.4.